The zero-order valence-corrected chi connectivity index (χ0v) is 11.1. The number of anilines is 1. The molecule has 0 fully saturated rings. The third-order valence-corrected chi connectivity index (χ3v) is 2.88. The number of nitrogens with one attached hydrogen (secondary N) is 2. The van der Waals surface area contributed by atoms with E-state index in [0.717, 1.165) is 18.1 Å². The summed E-state index contributed by atoms with van der Waals surface area (Å²) in [6, 6.07) is 7.37. The summed E-state index contributed by atoms with van der Waals surface area (Å²) in [6.07, 6.45) is 1.66. The van der Waals surface area contributed by atoms with Crippen LogP contribution < -0.4 is 10.6 Å². The molecule has 0 saturated heterocycles. The average Bonchev–Trinajstić information content (AvgIpc) is 2.92. The van der Waals surface area contributed by atoms with Gasteiger partial charge in [0.15, 0.2) is 5.82 Å². The Bertz CT molecular complexity index is 564. The molecule has 0 unspecified atom stereocenters. The van der Waals surface area contributed by atoms with E-state index >= 15 is 0 Å². The predicted molar refractivity (Wildman–Crippen MR) is 72.9 cm³/mol. The third-order valence-electron chi connectivity index (χ3n) is 2.88. The second-order valence-electron chi connectivity index (χ2n) is 4.01. The van der Waals surface area contributed by atoms with Crippen molar-refractivity contribution in [2.24, 2.45) is 0 Å². The molecule has 0 spiro atoms. The molecule has 0 radical (unpaired) electrons. The van der Waals surface area contributed by atoms with Gasteiger partial charge < -0.3 is 15.2 Å². The summed E-state index contributed by atoms with van der Waals surface area (Å²) in [5.74, 6) is 0.619. The lowest BCUT2D eigenvalue weighted by Crippen LogP contribution is -2.25. The predicted octanol–water partition coefficient (Wildman–Crippen LogP) is 1.27. The second-order valence-corrected chi connectivity index (χ2v) is 4.01. The average molecular weight is 259 g/mol. The van der Waals surface area contributed by atoms with E-state index in [1.54, 1.807) is 19.4 Å². The molecule has 6 nitrogen and oxygen atoms in total. The monoisotopic (exact) mass is 259 g/mol. The maximum atomic E-state index is 12.1. The fourth-order valence-electron chi connectivity index (χ4n) is 1.83. The van der Waals surface area contributed by atoms with Crippen LogP contribution in [0.5, 0.6) is 0 Å². The molecule has 0 aliphatic carbocycles. The maximum absolute atomic E-state index is 12.1. The first-order valence-electron chi connectivity index (χ1n) is 6.18. The number of rotatable bonds is 5. The van der Waals surface area contributed by atoms with Crippen LogP contribution in [0.1, 0.15) is 23.1 Å². The number of amides is 1. The second kappa shape index (κ2) is 5.99. The van der Waals surface area contributed by atoms with E-state index in [0.29, 0.717) is 12.1 Å². The van der Waals surface area contributed by atoms with Gasteiger partial charge in [0.2, 0.25) is 0 Å². The molecule has 0 atom stereocenters. The Balaban J connectivity index is 2.05. The SMILES string of the molecule is CCn1cnnc1CNC(=O)c1ccccc1NC. The van der Waals surface area contributed by atoms with Gasteiger partial charge in [-0.2, -0.15) is 0 Å². The molecule has 1 heterocycles. The van der Waals surface area contributed by atoms with Crippen molar-refractivity contribution in [1.29, 1.82) is 0 Å². The third kappa shape index (κ3) is 2.90. The van der Waals surface area contributed by atoms with Crippen LogP contribution in [0.15, 0.2) is 30.6 Å². The first-order valence-corrected chi connectivity index (χ1v) is 6.18. The quantitative estimate of drug-likeness (QED) is 0.848. The molecule has 6 heteroatoms. The van der Waals surface area contributed by atoms with Crippen molar-refractivity contribution in [3.8, 4) is 0 Å². The molecule has 2 aromatic rings. The van der Waals surface area contributed by atoms with Gasteiger partial charge in [-0.3, -0.25) is 4.79 Å². The number of para-hydroxylation sites is 1. The van der Waals surface area contributed by atoms with Crippen LogP contribution in [0.25, 0.3) is 0 Å². The number of hydrogen-bond donors (Lipinski definition) is 2. The van der Waals surface area contributed by atoms with E-state index in [1.165, 1.54) is 0 Å². The highest BCUT2D eigenvalue weighted by atomic mass is 16.1. The molecule has 0 aliphatic heterocycles. The zero-order valence-electron chi connectivity index (χ0n) is 11.1. The largest absolute Gasteiger partial charge is 0.387 e. The van der Waals surface area contributed by atoms with Crippen molar-refractivity contribution >= 4 is 11.6 Å². The van der Waals surface area contributed by atoms with Crippen LogP contribution in [-0.2, 0) is 13.1 Å². The van der Waals surface area contributed by atoms with E-state index in [9.17, 15) is 4.79 Å². The standard InChI is InChI=1S/C13H17N5O/c1-3-18-9-16-17-12(18)8-15-13(19)10-6-4-5-7-11(10)14-2/h4-7,9,14H,3,8H2,1-2H3,(H,15,19). The topological polar surface area (TPSA) is 71.8 Å². The molecular formula is C13H17N5O. The van der Waals surface area contributed by atoms with Crippen LogP contribution in [0.4, 0.5) is 5.69 Å². The summed E-state index contributed by atoms with van der Waals surface area (Å²) < 4.78 is 1.89. The number of hydrogen-bond acceptors (Lipinski definition) is 4. The van der Waals surface area contributed by atoms with Gasteiger partial charge in [0.05, 0.1) is 12.1 Å². The van der Waals surface area contributed by atoms with Crippen molar-refractivity contribution < 1.29 is 4.79 Å². The smallest absolute Gasteiger partial charge is 0.253 e. The summed E-state index contributed by atoms with van der Waals surface area (Å²) in [5, 5.41) is 13.7. The minimum atomic E-state index is -0.129. The van der Waals surface area contributed by atoms with Crippen LogP contribution in [0.2, 0.25) is 0 Å². The van der Waals surface area contributed by atoms with Crippen LogP contribution >= 0.6 is 0 Å². The van der Waals surface area contributed by atoms with Gasteiger partial charge in [0.1, 0.15) is 6.33 Å². The summed E-state index contributed by atoms with van der Waals surface area (Å²) in [6.45, 7) is 3.15. The lowest BCUT2D eigenvalue weighted by atomic mass is 10.1. The Morgan fingerprint density at radius 3 is 2.89 bits per heavy atom. The number of benzene rings is 1. The maximum Gasteiger partial charge on any atom is 0.253 e. The van der Waals surface area contributed by atoms with Crippen LogP contribution in [-0.4, -0.2) is 27.7 Å². The number of carbonyl (C=O) groups excluding carboxylic acids is 1. The molecule has 2 N–H and O–H groups in total. The lowest BCUT2D eigenvalue weighted by molar-refractivity contribution is 0.0950. The van der Waals surface area contributed by atoms with Crippen molar-refractivity contribution in [2.45, 2.75) is 20.0 Å². The molecule has 0 saturated carbocycles. The fraction of sp³-hybridized carbons (Fsp3) is 0.308. The molecule has 19 heavy (non-hydrogen) atoms. The van der Waals surface area contributed by atoms with E-state index in [1.807, 2.05) is 29.7 Å². The number of nitrogens with zero attached hydrogens (tertiary/aromatic N) is 3. The highest BCUT2D eigenvalue weighted by Gasteiger charge is 2.11. The summed E-state index contributed by atoms with van der Waals surface area (Å²) >= 11 is 0. The van der Waals surface area contributed by atoms with Gasteiger partial charge >= 0.3 is 0 Å². The van der Waals surface area contributed by atoms with Gasteiger partial charge in [-0.15, -0.1) is 10.2 Å². The van der Waals surface area contributed by atoms with Gasteiger partial charge in [0, 0.05) is 19.3 Å². The molecular weight excluding hydrogens is 242 g/mol. The summed E-state index contributed by atoms with van der Waals surface area (Å²) in [5.41, 5.74) is 1.42. The summed E-state index contributed by atoms with van der Waals surface area (Å²) in [7, 11) is 1.79. The van der Waals surface area contributed by atoms with E-state index < -0.39 is 0 Å². The number of aromatic nitrogens is 3. The van der Waals surface area contributed by atoms with E-state index in [4.69, 9.17) is 0 Å². The van der Waals surface area contributed by atoms with Crippen molar-refractivity contribution in [3.05, 3.63) is 42.0 Å². The highest BCUT2D eigenvalue weighted by molar-refractivity contribution is 5.99. The molecule has 0 aliphatic rings. The zero-order chi connectivity index (χ0) is 13.7. The number of aryl methyl sites for hydroxylation is 1. The lowest BCUT2D eigenvalue weighted by Gasteiger charge is -2.09. The van der Waals surface area contributed by atoms with Crippen molar-refractivity contribution in [3.63, 3.8) is 0 Å². The molecule has 100 valence electrons. The molecule has 0 bridgehead atoms. The summed E-state index contributed by atoms with van der Waals surface area (Å²) in [4.78, 5) is 12.1. The van der Waals surface area contributed by atoms with Crippen LogP contribution in [0.3, 0.4) is 0 Å². The van der Waals surface area contributed by atoms with E-state index in [2.05, 4.69) is 20.8 Å². The van der Waals surface area contributed by atoms with Gasteiger partial charge in [-0.05, 0) is 19.1 Å². The minimum Gasteiger partial charge on any atom is -0.387 e. The van der Waals surface area contributed by atoms with Crippen molar-refractivity contribution in [1.82, 2.24) is 20.1 Å². The van der Waals surface area contributed by atoms with Gasteiger partial charge in [0.25, 0.3) is 5.91 Å². The van der Waals surface area contributed by atoms with Gasteiger partial charge in [-0.1, -0.05) is 12.1 Å². The normalized spacial score (nSPS) is 10.2. The molecule has 1 amide bonds. The Morgan fingerprint density at radius 1 is 1.37 bits per heavy atom. The van der Waals surface area contributed by atoms with Gasteiger partial charge in [-0.25, -0.2) is 0 Å². The Kier molecular flexibility index (Phi) is 4.12. The Hall–Kier alpha value is -2.37. The number of carbonyl (C=O) groups is 1. The molecule has 1 aromatic heterocycles. The van der Waals surface area contributed by atoms with Crippen molar-refractivity contribution in [2.75, 3.05) is 12.4 Å². The minimum absolute atomic E-state index is 0.129. The first kappa shape index (κ1) is 13.1. The molecule has 1 aromatic carbocycles. The molecule has 2 rings (SSSR count). The van der Waals surface area contributed by atoms with Crippen LogP contribution in [0, 0.1) is 0 Å². The van der Waals surface area contributed by atoms with E-state index in [-0.39, 0.29) is 5.91 Å². The highest BCUT2D eigenvalue weighted by Crippen LogP contribution is 2.13. The Morgan fingerprint density at radius 2 is 2.16 bits per heavy atom. The first-order chi connectivity index (χ1) is 9.26. The fourth-order valence-corrected chi connectivity index (χ4v) is 1.83. The Labute approximate surface area is 111 Å².